The Kier molecular flexibility index (Phi) is 3.46. The number of amides is 1. The predicted octanol–water partition coefficient (Wildman–Crippen LogP) is 3.17. The van der Waals surface area contributed by atoms with Crippen molar-refractivity contribution in [2.45, 2.75) is 18.9 Å². The second-order valence-electron chi connectivity index (χ2n) is 5.77. The average Bonchev–Trinajstić information content (AvgIpc) is 3.00. The van der Waals surface area contributed by atoms with Crippen molar-refractivity contribution < 1.29 is 4.79 Å². The predicted molar refractivity (Wildman–Crippen MR) is 91.5 cm³/mol. The standard InChI is InChI=1S/C18H18N4O/c23-17-16(11-6-12-22(17)13-7-2-1-3-8-13)21-18-19-14-9-4-5-10-15(14)20-18/h1-5,7-10,16H,6,11-12H2,(H2,19,20,21). The molecule has 4 rings (SSSR count). The molecule has 3 aromatic rings. The zero-order chi connectivity index (χ0) is 15.6. The van der Waals surface area contributed by atoms with E-state index in [1.165, 1.54) is 0 Å². The molecule has 1 fully saturated rings. The number of carbonyl (C=O) groups is 1. The van der Waals surface area contributed by atoms with Gasteiger partial charge in [-0.15, -0.1) is 0 Å². The molecule has 1 aliphatic heterocycles. The van der Waals surface area contributed by atoms with Crippen LogP contribution in [-0.4, -0.2) is 28.5 Å². The van der Waals surface area contributed by atoms with Gasteiger partial charge in [0.05, 0.1) is 11.0 Å². The third-order valence-electron chi connectivity index (χ3n) is 4.21. The normalized spacial score (nSPS) is 18.3. The first-order valence-corrected chi connectivity index (χ1v) is 7.89. The van der Waals surface area contributed by atoms with E-state index in [1.807, 2.05) is 59.5 Å². The van der Waals surface area contributed by atoms with E-state index in [-0.39, 0.29) is 11.9 Å². The molecule has 5 heteroatoms. The number of aromatic nitrogens is 2. The molecule has 1 atom stereocenters. The van der Waals surface area contributed by atoms with Gasteiger partial charge in [0.1, 0.15) is 6.04 Å². The van der Waals surface area contributed by atoms with E-state index in [9.17, 15) is 4.79 Å². The first kappa shape index (κ1) is 13.8. The minimum absolute atomic E-state index is 0.0999. The SMILES string of the molecule is O=C1C(Nc2nc3ccccc3[nH]2)CCCN1c1ccccc1. The summed E-state index contributed by atoms with van der Waals surface area (Å²) in [6.45, 7) is 0.765. The molecule has 2 aromatic carbocycles. The van der Waals surface area contributed by atoms with E-state index in [2.05, 4.69) is 15.3 Å². The van der Waals surface area contributed by atoms with Crippen molar-refractivity contribution in [3.05, 3.63) is 54.6 Å². The van der Waals surface area contributed by atoms with E-state index < -0.39 is 0 Å². The Hall–Kier alpha value is -2.82. The van der Waals surface area contributed by atoms with E-state index in [1.54, 1.807) is 0 Å². The van der Waals surface area contributed by atoms with Crippen LogP contribution in [0, 0.1) is 0 Å². The summed E-state index contributed by atoms with van der Waals surface area (Å²) in [5.74, 6) is 0.752. The third-order valence-corrected chi connectivity index (χ3v) is 4.21. The number of fused-ring (bicyclic) bond motifs is 1. The maximum absolute atomic E-state index is 12.8. The van der Waals surface area contributed by atoms with Crippen LogP contribution in [-0.2, 0) is 4.79 Å². The Labute approximate surface area is 134 Å². The van der Waals surface area contributed by atoms with Gasteiger partial charge in [-0.3, -0.25) is 4.79 Å². The van der Waals surface area contributed by atoms with Gasteiger partial charge in [0.25, 0.3) is 0 Å². The maximum Gasteiger partial charge on any atom is 0.249 e. The molecule has 1 aliphatic rings. The van der Waals surface area contributed by atoms with Gasteiger partial charge in [-0.05, 0) is 37.1 Å². The van der Waals surface area contributed by atoms with Gasteiger partial charge in [0.15, 0.2) is 0 Å². The quantitative estimate of drug-likeness (QED) is 0.781. The molecule has 0 spiro atoms. The van der Waals surface area contributed by atoms with Crippen molar-refractivity contribution >= 4 is 28.6 Å². The van der Waals surface area contributed by atoms with Gasteiger partial charge < -0.3 is 15.2 Å². The zero-order valence-electron chi connectivity index (χ0n) is 12.7. The van der Waals surface area contributed by atoms with Crippen LogP contribution in [0.15, 0.2) is 54.6 Å². The Morgan fingerprint density at radius 2 is 1.87 bits per heavy atom. The fraction of sp³-hybridized carbons (Fsp3) is 0.222. The highest BCUT2D eigenvalue weighted by atomic mass is 16.2. The molecule has 1 aromatic heterocycles. The monoisotopic (exact) mass is 306 g/mol. The van der Waals surface area contributed by atoms with Gasteiger partial charge in [-0.1, -0.05) is 30.3 Å². The summed E-state index contributed by atoms with van der Waals surface area (Å²) < 4.78 is 0. The lowest BCUT2D eigenvalue weighted by atomic mass is 10.0. The number of hydrogen-bond acceptors (Lipinski definition) is 3. The summed E-state index contributed by atoms with van der Waals surface area (Å²) in [5.41, 5.74) is 2.82. The molecule has 0 saturated carbocycles. The number of carbonyl (C=O) groups excluding carboxylic acids is 1. The molecule has 1 amide bonds. The van der Waals surface area contributed by atoms with Gasteiger partial charge in [0.2, 0.25) is 11.9 Å². The molecule has 0 bridgehead atoms. The van der Waals surface area contributed by atoms with Crippen LogP contribution in [0.2, 0.25) is 0 Å². The van der Waals surface area contributed by atoms with Crippen molar-refractivity contribution in [1.29, 1.82) is 0 Å². The number of hydrogen-bond donors (Lipinski definition) is 2. The van der Waals surface area contributed by atoms with Gasteiger partial charge >= 0.3 is 0 Å². The summed E-state index contributed by atoms with van der Waals surface area (Å²) in [6.07, 6.45) is 1.79. The molecular weight excluding hydrogens is 288 g/mol. The summed E-state index contributed by atoms with van der Waals surface area (Å²) in [7, 11) is 0. The minimum Gasteiger partial charge on any atom is -0.344 e. The van der Waals surface area contributed by atoms with Crippen LogP contribution in [0.3, 0.4) is 0 Å². The van der Waals surface area contributed by atoms with Gasteiger partial charge in [-0.25, -0.2) is 4.98 Å². The minimum atomic E-state index is -0.246. The van der Waals surface area contributed by atoms with Crippen molar-refractivity contribution in [3.8, 4) is 0 Å². The number of rotatable bonds is 3. The summed E-state index contributed by atoms with van der Waals surface area (Å²) in [5, 5.41) is 3.26. The molecule has 2 N–H and O–H groups in total. The Balaban J connectivity index is 1.55. The van der Waals surface area contributed by atoms with Crippen molar-refractivity contribution in [3.63, 3.8) is 0 Å². The Morgan fingerprint density at radius 3 is 2.70 bits per heavy atom. The number of anilines is 2. The molecule has 0 radical (unpaired) electrons. The van der Waals surface area contributed by atoms with Gasteiger partial charge in [0, 0.05) is 12.2 Å². The second-order valence-corrected chi connectivity index (χ2v) is 5.77. The smallest absolute Gasteiger partial charge is 0.249 e. The number of piperidine rings is 1. The maximum atomic E-state index is 12.8. The highest BCUT2D eigenvalue weighted by Crippen LogP contribution is 2.23. The molecular formula is C18H18N4O. The van der Waals surface area contributed by atoms with Crippen molar-refractivity contribution in [1.82, 2.24) is 9.97 Å². The largest absolute Gasteiger partial charge is 0.344 e. The first-order valence-electron chi connectivity index (χ1n) is 7.89. The number of aromatic amines is 1. The summed E-state index contributed by atoms with van der Waals surface area (Å²) in [6, 6.07) is 17.4. The Bertz CT molecular complexity index is 794. The zero-order valence-corrected chi connectivity index (χ0v) is 12.7. The van der Waals surface area contributed by atoms with E-state index in [0.29, 0.717) is 5.95 Å². The second kappa shape index (κ2) is 5.76. The van der Waals surface area contributed by atoms with E-state index >= 15 is 0 Å². The van der Waals surface area contributed by atoms with E-state index in [0.717, 1.165) is 36.1 Å². The van der Waals surface area contributed by atoms with Crippen LogP contribution in [0.1, 0.15) is 12.8 Å². The lowest BCUT2D eigenvalue weighted by Crippen LogP contribution is -2.47. The average molecular weight is 306 g/mol. The fourth-order valence-electron chi connectivity index (χ4n) is 3.06. The topological polar surface area (TPSA) is 61.0 Å². The number of nitrogens with zero attached hydrogens (tertiary/aromatic N) is 2. The molecule has 23 heavy (non-hydrogen) atoms. The molecule has 0 aliphatic carbocycles. The number of nitrogens with one attached hydrogen (secondary N) is 2. The molecule has 2 heterocycles. The van der Waals surface area contributed by atoms with Crippen LogP contribution in [0.25, 0.3) is 11.0 Å². The first-order chi connectivity index (χ1) is 11.3. The highest BCUT2D eigenvalue weighted by molar-refractivity contribution is 5.99. The van der Waals surface area contributed by atoms with Crippen molar-refractivity contribution in [2.24, 2.45) is 0 Å². The number of H-pyrrole nitrogens is 1. The lowest BCUT2D eigenvalue weighted by Gasteiger charge is -2.32. The van der Waals surface area contributed by atoms with Crippen LogP contribution >= 0.6 is 0 Å². The highest BCUT2D eigenvalue weighted by Gasteiger charge is 2.30. The van der Waals surface area contributed by atoms with Crippen LogP contribution < -0.4 is 10.2 Å². The summed E-state index contributed by atoms with van der Waals surface area (Å²) >= 11 is 0. The molecule has 5 nitrogen and oxygen atoms in total. The van der Waals surface area contributed by atoms with Gasteiger partial charge in [-0.2, -0.15) is 0 Å². The Morgan fingerprint density at radius 1 is 1.09 bits per heavy atom. The molecule has 1 unspecified atom stereocenters. The van der Waals surface area contributed by atoms with Crippen molar-refractivity contribution in [2.75, 3.05) is 16.8 Å². The van der Waals surface area contributed by atoms with Crippen LogP contribution in [0.5, 0.6) is 0 Å². The van der Waals surface area contributed by atoms with E-state index in [4.69, 9.17) is 0 Å². The number of para-hydroxylation sites is 3. The number of benzene rings is 2. The third kappa shape index (κ3) is 2.65. The lowest BCUT2D eigenvalue weighted by molar-refractivity contribution is -0.120. The van der Waals surface area contributed by atoms with Crippen LogP contribution in [0.4, 0.5) is 11.6 Å². The number of imidazole rings is 1. The molecule has 116 valence electrons. The fourth-order valence-corrected chi connectivity index (χ4v) is 3.06. The molecule has 1 saturated heterocycles. The summed E-state index contributed by atoms with van der Waals surface area (Å²) in [4.78, 5) is 22.3.